The van der Waals surface area contributed by atoms with E-state index >= 15 is 0 Å². The van der Waals surface area contributed by atoms with Gasteiger partial charge in [-0.05, 0) is 6.42 Å². The second kappa shape index (κ2) is 11.6. The molecule has 8 heteroatoms. The number of hydrogen-bond acceptors (Lipinski definition) is 4. The number of rotatable bonds is 4. The molecule has 0 aromatic carbocycles. The Morgan fingerprint density at radius 3 is 2.07 bits per heavy atom. The zero-order chi connectivity index (χ0) is 10.9. The van der Waals surface area contributed by atoms with E-state index in [0.29, 0.717) is 13.0 Å². The van der Waals surface area contributed by atoms with Crippen LogP contribution in [0.15, 0.2) is 12.7 Å². The minimum atomic E-state index is -4.67. The molecule has 0 rings (SSSR count). The quantitative estimate of drug-likeness (QED) is 0.267. The zero-order valence-corrected chi connectivity index (χ0v) is 8.07. The topological polar surface area (TPSA) is 104 Å². The van der Waals surface area contributed by atoms with Crippen LogP contribution < -0.4 is 0 Å². The van der Waals surface area contributed by atoms with Gasteiger partial charge in [-0.15, -0.1) is 6.58 Å². The van der Waals surface area contributed by atoms with Gasteiger partial charge in [0.2, 0.25) is 0 Å². The third-order valence-electron chi connectivity index (χ3n) is 0.756. The number of hydrogen-bond donors (Lipinski definition) is 3. The van der Waals surface area contributed by atoms with E-state index in [1.54, 1.807) is 6.08 Å². The van der Waals surface area contributed by atoms with Gasteiger partial charge in [0.15, 0.2) is 6.29 Å². The van der Waals surface area contributed by atoms with Crippen LogP contribution in [0, 0.1) is 0 Å². The molecule has 0 aliphatic carbocycles. The second-order valence-corrected chi connectivity index (χ2v) is 2.83. The first kappa shape index (κ1) is 20.0. The van der Waals surface area contributed by atoms with Gasteiger partial charge in [-0.3, -0.25) is 9.11 Å². The molecule has 6 nitrogen and oxygen atoms in total. The summed E-state index contributed by atoms with van der Waals surface area (Å²) < 4.78 is 36.4. The summed E-state index contributed by atoms with van der Waals surface area (Å²) >= 11 is 0. The van der Waals surface area contributed by atoms with Gasteiger partial charge in [0, 0.05) is 0 Å². The Kier molecular flexibility index (Phi) is 16.6. The van der Waals surface area contributed by atoms with E-state index in [4.69, 9.17) is 27.4 Å². The van der Waals surface area contributed by atoms with Crippen LogP contribution in [0.5, 0.6) is 0 Å². The van der Waals surface area contributed by atoms with Crippen molar-refractivity contribution >= 4 is 40.0 Å². The summed E-state index contributed by atoms with van der Waals surface area (Å²) in [7, 11) is -4.67. The first-order valence-electron chi connectivity index (χ1n) is 3.41. The molecule has 0 saturated heterocycles. The Morgan fingerprint density at radius 2 is 1.86 bits per heavy atom. The molecule has 0 amide bonds. The van der Waals surface area contributed by atoms with Crippen molar-refractivity contribution in [3.05, 3.63) is 12.7 Å². The van der Waals surface area contributed by atoms with Gasteiger partial charge in [0.1, 0.15) is 0 Å². The van der Waals surface area contributed by atoms with E-state index in [-0.39, 0.29) is 29.6 Å². The summed E-state index contributed by atoms with van der Waals surface area (Å²) in [5.41, 5.74) is 0. The Hall–Kier alpha value is 0.530. The molecule has 0 aliphatic heterocycles. The molecule has 1 unspecified atom stereocenters. The van der Waals surface area contributed by atoms with E-state index in [1.165, 1.54) is 0 Å². The fourth-order valence-electron chi connectivity index (χ4n) is 0.297. The van der Waals surface area contributed by atoms with Crippen molar-refractivity contribution in [1.29, 1.82) is 0 Å². The maximum absolute atomic E-state index is 8.74. The normalized spacial score (nSPS) is 11.7. The van der Waals surface area contributed by atoms with Crippen molar-refractivity contribution in [2.45, 2.75) is 19.6 Å². The fourth-order valence-corrected chi connectivity index (χ4v) is 0.297. The fraction of sp³-hybridized carbons (Fsp3) is 0.667. The monoisotopic (exact) mass is 238 g/mol. The molecule has 0 radical (unpaired) electrons. The molecule has 0 spiro atoms. The van der Waals surface area contributed by atoms with Gasteiger partial charge in [-0.2, -0.15) is 8.42 Å². The van der Waals surface area contributed by atoms with Crippen molar-refractivity contribution in [3.8, 4) is 0 Å². The van der Waals surface area contributed by atoms with Crippen LogP contribution in [0.3, 0.4) is 0 Å². The van der Waals surface area contributed by atoms with Crippen molar-refractivity contribution in [2.75, 3.05) is 6.61 Å². The predicted molar refractivity (Wildman–Crippen MR) is 53.8 cm³/mol. The van der Waals surface area contributed by atoms with Crippen LogP contribution in [0.4, 0.5) is 0 Å². The third kappa shape index (κ3) is 39.1. The molecular formula is C6H15NaO6S. The Bertz CT molecular complexity index is 206. The summed E-state index contributed by atoms with van der Waals surface area (Å²) in [5.74, 6) is 0. The average molecular weight is 238 g/mol. The van der Waals surface area contributed by atoms with Crippen LogP contribution in [0.1, 0.15) is 13.3 Å². The van der Waals surface area contributed by atoms with Gasteiger partial charge >= 0.3 is 40.0 Å². The SMILES string of the molecule is C=CCOC(O)CC.O=S(=O)(O)O.[NaH]. The zero-order valence-electron chi connectivity index (χ0n) is 7.25. The molecule has 3 N–H and O–H groups in total. The Labute approximate surface area is 106 Å². The van der Waals surface area contributed by atoms with Crippen molar-refractivity contribution in [2.24, 2.45) is 0 Å². The molecule has 0 bridgehead atoms. The summed E-state index contributed by atoms with van der Waals surface area (Å²) in [6.45, 7) is 5.71. The number of ether oxygens (including phenoxy) is 1. The summed E-state index contributed by atoms with van der Waals surface area (Å²) in [5, 5.41) is 8.72. The minimum absolute atomic E-state index is 0. The Morgan fingerprint density at radius 1 is 1.50 bits per heavy atom. The molecule has 0 fully saturated rings. The van der Waals surface area contributed by atoms with Gasteiger partial charge in [0.05, 0.1) is 6.61 Å². The molecular weight excluding hydrogens is 223 g/mol. The molecule has 14 heavy (non-hydrogen) atoms. The molecule has 1 atom stereocenters. The molecule has 0 saturated carbocycles. The van der Waals surface area contributed by atoms with Crippen molar-refractivity contribution in [1.82, 2.24) is 0 Å². The van der Waals surface area contributed by atoms with Gasteiger partial charge < -0.3 is 9.84 Å². The van der Waals surface area contributed by atoms with Crippen molar-refractivity contribution < 1.29 is 27.4 Å². The van der Waals surface area contributed by atoms with Gasteiger partial charge in [0.25, 0.3) is 0 Å². The van der Waals surface area contributed by atoms with Crippen LogP contribution in [-0.4, -0.2) is 65.1 Å². The number of aliphatic hydroxyl groups excluding tert-OH is 1. The first-order valence-corrected chi connectivity index (χ1v) is 4.81. The van der Waals surface area contributed by atoms with E-state index < -0.39 is 16.7 Å². The predicted octanol–water partition coefficient (Wildman–Crippen LogP) is -0.384. The van der Waals surface area contributed by atoms with Gasteiger partial charge in [-0.1, -0.05) is 13.0 Å². The van der Waals surface area contributed by atoms with Crippen LogP contribution in [0.25, 0.3) is 0 Å². The van der Waals surface area contributed by atoms with Crippen LogP contribution >= 0.6 is 0 Å². The van der Waals surface area contributed by atoms with E-state index in [0.717, 1.165) is 0 Å². The molecule has 82 valence electrons. The van der Waals surface area contributed by atoms with Crippen LogP contribution in [-0.2, 0) is 15.1 Å². The molecule has 0 aliphatic rings. The van der Waals surface area contributed by atoms with Crippen molar-refractivity contribution in [3.63, 3.8) is 0 Å². The summed E-state index contributed by atoms with van der Waals surface area (Å²) in [6, 6.07) is 0. The standard InChI is InChI=1S/C6H12O2.Na.H2O4S.H/c1-3-5-8-6(7)4-2;;1-5(2,3)4;/h3,6-7H,1,4-5H2,2H3;;(H2,1,2,3,4);. The summed E-state index contributed by atoms with van der Waals surface area (Å²) in [6.07, 6.45) is 1.63. The molecule has 0 heterocycles. The first-order chi connectivity index (χ1) is 5.81. The third-order valence-corrected chi connectivity index (χ3v) is 0.756. The maximum atomic E-state index is 8.74. The van der Waals surface area contributed by atoms with Gasteiger partial charge in [-0.25, -0.2) is 0 Å². The second-order valence-electron chi connectivity index (χ2n) is 1.93. The van der Waals surface area contributed by atoms with E-state index in [1.807, 2.05) is 6.92 Å². The molecule has 0 aromatic heterocycles. The van der Waals surface area contributed by atoms with E-state index in [2.05, 4.69) is 6.58 Å². The number of aliphatic hydroxyl groups is 1. The van der Waals surface area contributed by atoms with E-state index in [9.17, 15) is 0 Å². The molecule has 0 aromatic rings. The Balaban J connectivity index is -0.000000177. The van der Waals surface area contributed by atoms with Crippen LogP contribution in [0.2, 0.25) is 0 Å². The summed E-state index contributed by atoms with van der Waals surface area (Å²) in [4.78, 5) is 0. The average Bonchev–Trinajstić information content (AvgIpc) is 1.97.